The van der Waals surface area contributed by atoms with Crippen molar-refractivity contribution >= 4 is 17.6 Å². The molecule has 0 amide bonds. The number of ether oxygens (including phenoxy) is 2. The summed E-state index contributed by atoms with van der Waals surface area (Å²) in [5, 5.41) is 0.733. The number of rotatable bonds is 5. The molecule has 1 fully saturated rings. The molecule has 1 saturated carbocycles. The Bertz CT molecular complexity index is 439. The van der Waals surface area contributed by atoms with Gasteiger partial charge in [0.15, 0.2) is 0 Å². The molecule has 0 atom stereocenters. The quantitative estimate of drug-likeness (QED) is 0.771. The summed E-state index contributed by atoms with van der Waals surface area (Å²) in [6, 6.07) is 7.72. The Balaban J connectivity index is 1.73. The lowest BCUT2D eigenvalue weighted by molar-refractivity contribution is -0.150. The molecule has 0 unspecified atom stereocenters. The van der Waals surface area contributed by atoms with Crippen LogP contribution in [-0.2, 0) is 20.9 Å². The molecule has 0 N–H and O–H groups in total. The summed E-state index contributed by atoms with van der Waals surface area (Å²) in [6.45, 7) is 2.89. The van der Waals surface area contributed by atoms with Crippen LogP contribution >= 0.6 is 11.6 Å². The zero-order chi connectivity index (χ0) is 14.4. The molecule has 4 heteroatoms. The Morgan fingerprint density at radius 3 is 2.70 bits per heavy atom. The number of esters is 1. The van der Waals surface area contributed by atoms with E-state index >= 15 is 0 Å². The van der Waals surface area contributed by atoms with Gasteiger partial charge in [-0.05, 0) is 50.3 Å². The average molecular weight is 297 g/mol. The van der Waals surface area contributed by atoms with Crippen molar-refractivity contribution in [2.24, 2.45) is 5.92 Å². The highest BCUT2D eigenvalue weighted by molar-refractivity contribution is 6.30. The summed E-state index contributed by atoms with van der Waals surface area (Å²) in [4.78, 5) is 11.6. The van der Waals surface area contributed by atoms with Crippen molar-refractivity contribution in [1.29, 1.82) is 0 Å². The molecule has 1 aliphatic rings. The maximum atomic E-state index is 11.6. The van der Waals surface area contributed by atoms with Crippen LogP contribution in [0.5, 0.6) is 0 Å². The van der Waals surface area contributed by atoms with E-state index in [1.54, 1.807) is 0 Å². The largest absolute Gasteiger partial charge is 0.466 e. The fourth-order valence-corrected chi connectivity index (χ4v) is 2.78. The summed E-state index contributed by atoms with van der Waals surface area (Å²) in [7, 11) is 0. The molecule has 0 spiro atoms. The number of benzene rings is 1. The number of halogens is 1. The molecule has 1 aromatic rings. The molecule has 1 aliphatic carbocycles. The van der Waals surface area contributed by atoms with Crippen molar-refractivity contribution in [3.63, 3.8) is 0 Å². The lowest BCUT2D eigenvalue weighted by atomic mass is 9.87. The van der Waals surface area contributed by atoms with Gasteiger partial charge in [0.2, 0.25) is 0 Å². The Kier molecular flexibility index (Phi) is 5.86. The van der Waals surface area contributed by atoms with Gasteiger partial charge in [0.25, 0.3) is 0 Å². The first-order valence-electron chi connectivity index (χ1n) is 7.21. The van der Waals surface area contributed by atoms with E-state index in [4.69, 9.17) is 21.1 Å². The Morgan fingerprint density at radius 2 is 2.05 bits per heavy atom. The van der Waals surface area contributed by atoms with Crippen molar-refractivity contribution in [1.82, 2.24) is 0 Å². The van der Waals surface area contributed by atoms with Crippen LogP contribution in [0.4, 0.5) is 0 Å². The number of carbonyl (C=O) groups excluding carboxylic acids is 1. The Hall–Kier alpha value is -1.06. The molecule has 1 aromatic carbocycles. The average Bonchev–Trinajstić information content (AvgIpc) is 2.46. The molecule has 0 aliphatic heterocycles. The van der Waals surface area contributed by atoms with E-state index in [1.165, 1.54) is 0 Å². The smallest absolute Gasteiger partial charge is 0.308 e. The molecule has 2 rings (SSSR count). The fourth-order valence-electron chi connectivity index (χ4n) is 2.57. The van der Waals surface area contributed by atoms with E-state index in [1.807, 2.05) is 31.2 Å². The van der Waals surface area contributed by atoms with Gasteiger partial charge in [0.1, 0.15) is 0 Å². The predicted octanol–water partition coefficient (Wildman–Crippen LogP) is 3.98. The molecule has 0 saturated heterocycles. The lowest BCUT2D eigenvalue weighted by Gasteiger charge is -2.27. The first-order chi connectivity index (χ1) is 9.69. The standard InChI is InChI=1S/C16H21ClO3/c1-2-19-16(18)13-6-8-15(9-7-13)20-11-12-4-3-5-14(17)10-12/h3-5,10,13,15H,2,6-9,11H2,1H3/t13-,15-. The van der Waals surface area contributed by atoms with Crippen LogP contribution < -0.4 is 0 Å². The first-order valence-corrected chi connectivity index (χ1v) is 7.59. The van der Waals surface area contributed by atoms with Crippen molar-refractivity contribution in [3.8, 4) is 0 Å². The van der Waals surface area contributed by atoms with Crippen LogP contribution in [0.15, 0.2) is 24.3 Å². The molecular formula is C16H21ClO3. The third-order valence-corrected chi connectivity index (χ3v) is 3.90. The minimum absolute atomic E-state index is 0.0548. The third kappa shape index (κ3) is 4.50. The van der Waals surface area contributed by atoms with Crippen molar-refractivity contribution in [2.45, 2.75) is 45.3 Å². The van der Waals surface area contributed by atoms with Gasteiger partial charge in [-0.2, -0.15) is 0 Å². The Labute approximate surface area is 125 Å². The summed E-state index contributed by atoms with van der Waals surface area (Å²) in [6.07, 6.45) is 3.80. The van der Waals surface area contributed by atoms with E-state index in [0.29, 0.717) is 13.2 Å². The van der Waals surface area contributed by atoms with E-state index < -0.39 is 0 Å². The van der Waals surface area contributed by atoms with Crippen molar-refractivity contribution in [2.75, 3.05) is 6.61 Å². The number of hydrogen-bond acceptors (Lipinski definition) is 3. The zero-order valence-corrected chi connectivity index (χ0v) is 12.6. The number of carbonyl (C=O) groups is 1. The number of hydrogen-bond donors (Lipinski definition) is 0. The molecule has 20 heavy (non-hydrogen) atoms. The van der Waals surface area contributed by atoms with E-state index in [-0.39, 0.29) is 18.0 Å². The van der Waals surface area contributed by atoms with Gasteiger partial charge >= 0.3 is 5.97 Å². The van der Waals surface area contributed by atoms with Gasteiger partial charge in [0.05, 0.1) is 25.2 Å². The van der Waals surface area contributed by atoms with Gasteiger partial charge in [-0.3, -0.25) is 4.79 Å². The maximum Gasteiger partial charge on any atom is 0.308 e. The second-order valence-corrected chi connectivity index (χ2v) is 5.60. The van der Waals surface area contributed by atoms with Gasteiger partial charge in [0, 0.05) is 5.02 Å². The second kappa shape index (κ2) is 7.65. The van der Waals surface area contributed by atoms with E-state index in [2.05, 4.69) is 0 Å². The topological polar surface area (TPSA) is 35.5 Å². The van der Waals surface area contributed by atoms with E-state index in [9.17, 15) is 4.79 Å². The highest BCUT2D eigenvalue weighted by Crippen LogP contribution is 2.28. The molecule has 0 bridgehead atoms. The highest BCUT2D eigenvalue weighted by atomic mass is 35.5. The fraction of sp³-hybridized carbons (Fsp3) is 0.562. The van der Waals surface area contributed by atoms with Gasteiger partial charge in [-0.1, -0.05) is 23.7 Å². The highest BCUT2D eigenvalue weighted by Gasteiger charge is 2.27. The summed E-state index contributed by atoms with van der Waals surface area (Å²) in [5.74, 6) is 0.00163. The van der Waals surface area contributed by atoms with Crippen LogP contribution in [0.3, 0.4) is 0 Å². The summed E-state index contributed by atoms with van der Waals surface area (Å²) < 4.78 is 11.0. The minimum Gasteiger partial charge on any atom is -0.466 e. The summed E-state index contributed by atoms with van der Waals surface area (Å²) in [5.41, 5.74) is 1.09. The van der Waals surface area contributed by atoms with Crippen LogP contribution in [0.1, 0.15) is 38.2 Å². The van der Waals surface area contributed by atoms with Gasteiger partial charge in [-0.15, -0.1) is 0 Å². The van der Waals surface area contributed by atoms with Crippen molar-refractivity contribution in [3.05, 3.63) is 34.9 Å². The molecule has 0 radical (unpaired) electrons. The SMILES string of the molecule is CCOC(=O)[C@H]1CC[C@H](OCc2cccc(Cl)c2)CC1. The Morgan fingerprint density at radius 1 is 1.30 bits per heavy atom. The van der Waals surface area contributed by atoms with Gasteiger partial charge < -0.3 is 9.47 Å². The van der Waals surface area contributed by atoms with Crippen LogP contribution in [0, 0.1) is 5.92 Å². The summed E-state index contributed by atoms with van der Waals surface area (Å²) >= 11 is 5.94. The van der Waals surface area contributed by atoms with Crippen molar-refractivity contribution < 1.29 is 14.3 Å². The van der Waals surface area contributed by atoms with E-state index in [0.717, 1.165) is 36.3 Å². The molecule has 3 nitrogen and oxygen atoms in total. The lowest BCUT2D eigenvalue weighted by Crippen LogP contribution is -2.27. The second-order valence-electron chi connectivity index (χ2n) is 5.17. The molecule has 110 valence electrons. The monoisotopic (exact) mass is 296 g/mol. The van der Waals surface area contributed by atoms with Crippen LogP contribution in [0.2, 0.25) is 5.02 Å². The molecular weight excluding hydrogens is 276 g/mol. The first kappa shape index (κ1) is 15.3. The third-order valence-electron chi connectivity index (χ3n) is 3.67. The molecule has 0 aromatic heterocycles. The van der Waals surface area contributed by atoms with Crippen LogP contribution in [-0.4, -0.2) is 18.7 Å². The van der Waals surface area contributed by atoms with Crippen LogP contribution in [0.25, 0.3) is 0 Å². The minimum atomic E-state index is -0.0548. The zero-order valence-electron chi connectivity index (χ0n) is 11.8. The normalized spacial score (nSPS) is 22.5. The molecule has 0 heterocycles. The predicted molar refractivity (Wildman–Crippen MR) is 78.6 cm³/mol. The maximum absolute atomic E-state index is 11.6. The van der Waals surface area contributed by atoms with Gasteiger partial charge in [-0.25, -0.2) is 0 Å².